The highest BCUT2D eigenvalue weighted by Crippen LogP contribution is 2.31. The monoisotopic (exact) mass is 289 g/mol. The maximum atomic E-state index is 12.1. The molecule has 2 heterocycles. The van der Waals surface area contributed by atoms with Gasteiger partial charge in [0.05, 0.1) is 6.61 Å². The fraction of sp³-hybridized carbons (Fsp3) is 0.588. The highest BCUT2D eigenvalue weighted by Gasteiger charge is 2.33. The Balaban J connectivity index is 1.59. The number of ether oxygens (including phenoxy) is 1. The molecule has 114 valence electrons. The van der Waals surface area contributed by atoms with Crippen LogP contribution < -0.4 is 0 Å². The standard InChI is InChI=1S/C17H23NO3/c19-16-9-2-1-7-14(16)17(20)21-12-13-6-5-11-18-10-4-3-8-15(13)18/h1-2,7,9,13,15,19H,3-6,8,10-12H2/t13-,15-/m0/s1. The van der Waals surface area contributed by atoms with Crippen LogP contribution in [0.15, 0.2) is 24.3 Å². The summed E-state index contributed by atoms with van der Waals surface area (Å²) in [5.74, 6) is 0.0142. The predicted octanol–water partition coefficient (Wildman–Crippen LogP) is 2.81. The third-order valence-corrected chi connectivity index (χ3v) is 4.78. The molecule has 2 saturated heterocycles. The lowest BCUT2D eigenvalue weighted by atomic mass is 9.84. The van der Waals surface area contributed by atoms with E-state index in [1.54, 1.807) is 18.2 Å². The summed E-state index contributed by atoms with van der Waals surface area (Å²) < 4.78 is 5.47. The third-order valence-electron chi connectivity index (χ3n) is 4.78. The van der Waals surface area contributed by atoms with Gasteiger partial charge in [-0.15, -0.1) is 0 Å². The van der Waals surface area contributed by atoms with Gasteiger partial charge in [-0.25, -0.2) is 4.79 Å². The fourth-order valence-electron chi connectivity index (χ4n) is 3.68. The number of phenolic OH excluding ortho intramolecular Hbond substituents is 1. The van der Waals surface area contributed by atoms with Crippen LogP contribution in [0.4, 0.5) is 0 Å². The van der Waals surface area contributed by atoms with Gasteiger partial charge >= 0.3 is 5.97 Å². The number of para-hydroxylation sites is 1. The zero-order chi connectivity index (χ0) is 14.7. The van der Waals surface area contributed by atoms with Gasteiger partial charge in [-0.05, 0) is 50.9 Å². The van der Waals surface area contributed by atoms with Gasteiger partial charge in [0.2, 0.25) is 0 Å². The molecule has 21 heavy (non-hydrogen) atoms. The molecule has 0 bridgehead atoms. The van der Waals surface area contributed by atoms with Crippen LogP contribution >= 0.6 is 0 Å². The second kappa shape index (κ2) is 6.48. The largest absolute Gasteiger partial charge is 0.507 e. The molecule has 2 aliphatic rings. The van der Waals surface area contributed by atoms with Crippen molar-refractivity contribution in [3.63, 3.8) is 0 Å². The molecule has 0 spiro atoms. The highest BCUT2D eigenvalue weighted by atomic mass is 16.5. The van der Waals surface area contributed by atoms with Crippen molar-refractivity contribution in [3.05, 3.63) is 29.8 Å². The molecule has 1 aromatic carbocycles. The fourth-order valence-corrected chi connectivity index (χ4v) is 3.68. The van der Waals surface area contributed by atoms with Gasteiger partial charge in [0, 0.05) is 12.0 Å². The summed E-state index contributed by atoms with van der Waals surface area (Å²) in [7, 11) is 0. The molecule has 4 nitrogen and oxygen atoms in total. The molecule has 0 unspecified atom stereocenters. The number of piperidine rings is 2. The van der Waals surface area contributed by atoms with Crippen molar-refractivity contribution in [2.45, 2.75) is 38.1 Å². The van der Waals surface area contributed by atoms with Crippen molar-refractivity contribution in [3.8, 4) is 5.75 Å². The Morgan fingerprint density at radius 3 is 2.86 bits per heavy atom. The van der Waals surface area contributed by atoms with Crippen LogP contribution in [0, 0.1) is 5.92 Å². The van der Waals surface area contributed by atoms with E-state index >= 15 is 0 Å². The van der Waals surface area contributed by atoms with Gasteiger partial charge in [-0.3, -0.25) is 4.90 Å². The van der Waals surface area contributed by atoms with E-state index in [0.29, 0.717) is 18.6 Å². The Labute approximate surface area is 125 Å². The Kier molecular flexibility index (Phi) is 4.44. The van der Waals surface area contributed by atoms with Crippen LogP contribution in [0.3, 0.4) is 0 Å². The molecule has 0 amide bonds. The molecule has 4 heteroatoms. The minimum absolute atomic E-state index is 0.00885. The lowest BCUT2D eigenvalue weighted by Crippen LogP contribution is -2.49. The molecular weight excluding hydrogens is 266 g/mol. The van der Waals surface area contributed by atoms with Crippen molar-refractivity contribution >= 4 is 5.97 Å². The second-order valence-corrected chi connectivity index (χ2v) is 6.12. The summed E-state index contributed by atoms with van der Waals surface area (Å²) in [6.07, 6.45) is 6.12. The molecule has 0 radical (unpaired) electrons. The number of nitrogens with zero attached hydrogens (tertiary/aromatic N) is 1. The SMILES string of the molecule is O=C(OC[C@@H]1CCCN2CCCC[C@@H]12)c1ccccc1O. The lowest BCUT2D eigenvalue weighted by Gasteiger charge is -2.44. The van der Waals surface area contributed by atoms with Gasteiger partial charge in [0.25, 0.3) is 0 Å². The number of fused-ring (bicyclic) bond motifs is 1. The first-order chi connectivity index (χ1) is 10.3. The molecule has 1 N–H and O–H groups in total. The Hall–Kier alpha value is -1.55. The van der Waals surface area contributed by atoms with Crippen LogP contribution in [0.2, 0.25) is 0 Å². The van der Waals surface area contributed by atoms with Gasteiger partial charge in [0.15, 0.2) is 0 Å². The minimum atomic E-state index is -0.416. The van der Waals surface area contributed by atoms with E-state index in [9.17, 15) is 9.90 Å². The zero-order valence-corrected chi connectivity index (χ0v) is 12.3. The van der Waals surface area contributed by atoms with E-state index in [2.05, 4.69) is 4.90 Å². The summed E-state index contributed by atoms with van der Waals surface area (Å²) in [5.41, 5.74) is 0.258. The summed E-state index contributed by atoms with van der Waals surface area (Å²) in [6, 6.07) is 7.13. The molecule has 2 fully saturated rings. The average Bonchev–Trinajstić information content (AvgIpc) is 2.53. The van der Waals surface area contributed by atoms with E-state index in [1.807, 2.05) is 0 Å². The van der Waals surface area contributed by atoms with Crippen LogP contribution in [0.5, 0.6) is 5.75 Å². The van der Waals surface area contributed by atoms with Gasteiger partial charge in [0.1, 0.15) is 11.3 Å². The number of benzene rings is 1. The summed E-state index contributed by atoms with van der Waals surface area (Å²) in [5, 5.41) is 9.70. The first-order valence-corrected chi connectivity index (χ1v) is 7.95. The van der Waals surface area contributed by atoms with Crippen molar-refractivity contribution in [2.75, 3.05) is 19.7 Å². The van der Waals surface area contributed by atoms with E-state index in [4.69, 9.17) is 4.74 Å². The summed E-state index contributed by atoms with van der Waals surface area (Å²) in [4.78, 5) is 14.6. The minimum Gasteiger partial charge on any atom is -0.507 e. The Morgan fingerprint density at radius 2 is 2.00 bits per heavy atom. The van der Waals surface area contributed by atoms with E-state index in [-0.39, 0.29) is 11.3 Å². The van der Waals surface area contributed by atoms with Crippen LogP contribution in [-0.2, 0) is 4.74 Å². The van der Waals surface area contributed by atoms with E-state index < -0.39 is 5.97 Å². The Morgan fingerprint density at radius 1 is 1.19 bits per heavy atom. The molecule has 0 saturated carbocycles. The first-order valence-electron chi connectivity index (χ1n) is 7.95. The van der Waals surface area contributed by atoms with Crippen molar-refractivity contribution in [1.82, 2.24) is 4.90 Å². The summed E-state index contributed by atoms with van der Waals surface area (Å²) in [6.45, 7) is 2.84. The highest BCUT2D eigenvalue weighted by molar-refractivity contribution is 5.92. The normalized spacial score (nSPS) is 26.1. The molecule has 1 aromatic rings. The lowest BCUT2D eigenvalue weighted by molar-refractivity contribution is 0.00723. The number of hydrogen-bond donors (Lipinski definition) is 1. The number of carbonyl (C=O) groups is 1. The van der Waals surface area contributed by atoms with Crippen molar-refractivity contribution < 1.29 is 14.6 Å². The van der Waals surface area contributed by atoms with Gasteiger partial charge in [-0.2, -0.15) is 0 Å². The summed E-state index contributed by atoms with van der Waals surface area (Å²) >= 11 is 0. The number of carbonyl (C=O) groups excluding carboxylic acids is 1. The van der Waals surface area contributed by atoms with Crippen LogP contribution in [-0.4, -0.2) is 41.7 Å². The predicted molar refractivity (Wildman–Crippen MR) is 80.3 cm³/mol. The second-order valence-electron chi connectivity index (χ2n) is 6.12. The van der Waals surface area contributed by atoms with E-state index in [0.717, 1.165) is 6.42 Å². The van der Waals surface area contributed by atoms with Crippen molar-refractivity contribution in [1.29, 1.82) is 0 Å². The quantitative estimate of drug-likeness (QED) is 0.869. The number of phenols is 1. The maximum absolute atomic E-state index is 12.1. The van der Waals surface area contributed by atoms with Crippen molar-refractivity contribution in [2.24, 2.45) is 5.92 Å². The topological polar surface area (TPSA) is 49.8 Å². The smallest absolute Gasteiger partial charge is 0.341 e. The third kappa shape index (κ3) is 3.21. The molecule has 0 aliphatic carbocycles. The molecule has 0 aromatic heterocycles. The van der Waals surface area contributed by atoms with Gasteiger partial charge < -0.3 is 9.84 Å². The van der Waals surface area contributed by atoms with E-state index in [1.165, 1.54) is 44.8 Å². The molecular formula is C17H23NO3. The van der Waals surface area contributed by atoms with Crippen LogP contribution in [0.1, 0.15) is 42.5 Å². The molecule has 2 atom stereocenters. The molecule has 2 aliphatic heterocycles. The Bertz CT molecular complexity index is 501. The zero-order valence-electron chi connectivity index (χ0n) is 12.3. The maximum Gasteiger partial charge on any atom is 0.341 e. The van der Waals surface area contributed by atoms with Gasteiger partial charge in [-0.1, -0.05) is 18.6 Å². The average molecular weight is 289 g/mol. The number of aromatic hydroxyl groups is 1. The number of hydrogen-bond acceptors (Lipinski definition) is 4. The molecule has 3 rings (SSSR count). The first kappa shape index (κ1) is 14.4. The number of rotatable bonds is 3. The van der Waals surface area contributed by atoms with Crippen LogP contribution in [0.25, 0.3) is 0 Å². The number of esters is 1.